The average molecular weight is 267 g/mol. The first-order valence-corrected chi connectivity index (χ1v) is 5.65. The standard InChI is InChI=1S/C13H12F3N3/c14-13(15,16)12-2-1-10(8-19-12)11(7-17)9-3-5-18-6-4-9/h1-6,8,11H,7,17H2/t11-/m1/s1. The Morgan fingerprint density at radius 2 is 1.74 bits per heavy atom. The van der Waals surface area contributed by atoms with Crippen molar-refractivity contribution in [1.29, 1.82) is 0 Å². The summed E-state index contributed by atoms with van der Waals surface area (Å²) in [6, 6.07) is 5.96. The lowest BCUT2D eigenvalue weighted by molar-refractivity contribution is -0.141. The van der Waals surface area contributed by atoms with E-state index in [2.05, 4.69) is 9.97 Å². The third kappa shape index (κ3) is 3.08. The molecule has 2 rings (SSSR count). The summed E-state index contributed by atoms with van der Waals surface area (Å²) in [4.78, 5) is 7.35. The first-order chi connectivity index (χ1) is 9.02. The van der Waals surface area contributed by atoms with Crippen LogP contribution in [-0.2, 0) is 6.18 Å². The molecule has 2 aromatic rings. The fraction of sp³-hybridized carbons (Fsp3) is 0.231. The fourth-order valence-electron chi connectivity index (χ4n) is 1.84. The van der Waals surface area contributed by atoms with Gasteiger partial charge in [-0.15, -0.1) is 0 Å². The first-order valence-electron chi connectivity index (χ1n) is 5.65. The molecule has 19 heavy (non-hydrogen) atoms. The van der Waals surface area contributed by atoms with Gasteiger partial charge in [0.2, 0.25) is 0 Å². The maximum atomic E-state index is 12.4. The number of halogens is 3. The minimum Gasteiger partial charge on any atom is -0.330 e. The van der Waals surface area contributed by atoms with Crippen LogP contribution in [0.3, 0.4) is 0 Å². The van der Waals surface area contributed by atoms with Gasteiger partial charge in [-0.2, -0.15) is 13.2 Å². The highest BCUT2D eigenvalue weighted by molar-refractivity contribution is 5.31. The quantitative estimate of drug-likeness (QED) is 0.930. The fourth-order valence-corrected chi connectivity index (χ4v) is 1.84. The summed E-state index contributed by atoms with van der Waals surface area (Å²) in [6.07, 6.45) is 0.0409. The van der Waals surface area contributed by atoms with Gasteiger partial charge in [0.1, 0.15) is 5.69 Å². The molecule has 0 spiro atoms. The summed E-state index contributed by atoms with van der Waals surface area (Å²) >= 11 is 0. The van der Waals surface area contributed by atoms with Gasteiger partial charge in [0.05, 0.1) is 0 Å². The Kier molecular flexibility index (Phi) is 3.80. The van der Waals surface area contributed by atoms with Gasteiger partial charge in [-0.3, -0.25) is 9.97 Å². The molecule has 0 aromatic carbocycles. The molecule has 0 fully saturated rings. The average Bonchev–Trinajstić information content (AvgIpc) is 2.40. The van der Waals surface area contributed by atoms with E-state index in [1.807, 2.05) is 0 Å². The van der Waals surface area contributed by atoms with Crippen molar-refractivity contribution < 1.29 is 13.2 Å². The molecular weight excluding hydrogens is 255 g/mol. The third-order valence-corrected chi connectivity index (χ3v) is 2.82. The van der Waals surface area contributed by atoms with Crippen molar-refractivity contribution in [3.63, 3.8) is 0 Å². The van der Waals surface area contributed by atoms with Crippen LogP contribution in [0.1, 0.15) is 22.7 Å². The number of hydrogen-bond acceptors (Lipinski definition) is 3. The molecule has 1 atom stereocenters. The third-order valence-electron chi connectivity index (χ3n) is 2.82. The van der Waals surface area contributed by atoms with Gasteiger partial charge in [0.15, 0.2) is 0 Å². The molecule has 0 amide bonds. The van der Waals surface area contributed by atoms with Crippen LogP contribution in [0.5, 0.6) is 0 Å². The molecule has 6 heteroatoms. The predicted molar refractivity (Wildman–Crippen MR) is 64.4 cm³/mol. The highest BCUT2D eigenvalue weighted by Crippen LogP contribution is 2.29. The highest BCUT2D eigenvalue weighted by Gasteiger charge is 2.32. The van der Waals surface area contributed by atoms with Crippen molar-refractivity contribution in [2.75, 3.05) is 6.54 Å². The van der Waals surface area contributed by atoms with Crippen LogP contribution in [-0.4, -0.2) is 16.5 Å². The summed E-state index contributed by atoms with van der Waals surface area (Å²) in [5, 5.41) is 0. The van der Waals surface area contributed by atoms with Crippen LogP contribution in [0.2, 0.25) is 0 Å². The first kappa shape index (κ1) is 13.5. The van der Waals surface area contributed by atoms with E-state index in [9.17, 15) is 13.2 Å². The Morgan fingerprint density at radius 1 is 1.05 bits per heavy atom. The van der Waals surface area contributed by atoms with Crippen LogP contribution in [0, 0.1) is 0 Å². The molecule has 0 saturated carbocycles. The lowest BCUT2D eigenvalue weighted by Gasteiger charge is -2.15. The Bertz CT molecular complexity index is 523. The van der Waals surface area contributed by atoms with E-state index < -0.39 is 11.9 Å². The smallest absolute Gasteiger partial charge is 0.330 e. The van der Waals surface area contributed by atoms with Crippen molar-refractivity contribution in [3.8, 4) is 0 Å². The summed E-state index contributed by atoms with van der Waals surface area (Å²) in [5.41, 5.74) is 6.35. The number of aromatic nitrogens is 2. The Hall–Kier alpha value is -1.95. The number of rotatable bonds is 3. The largest absolute Gasteiger partial charge is 0.433 e. The van der Waals surface area contributed by atoms with Crippen LogP contribution >= 0.6 is 0 Å². The molecule has 2 aromatic heterocycles. The Balaban J connectivity index is 2.30. The van der Waals surface area contributed by atoms with Crippen LogP contribution in [0.4, 0.5) is 13.2 Å². The Morgan fingerprint density at radius 3 is 2.21 bits per heavy atom. The van der Waals surface area contributed by atoms with Gasteiger partial charge in [-0.05, 0) is 29.3 Å². The van der Waals surface area contributed by atoms with E-state index in [0.717, 1.165) is 11.6 Å². The molecule has 100 valence electrons. The van der Waals surface area contributed by atoms with Crippen LogP contribution in [0.25, 0.3) is 0 Å². The van der Waals surface area contributed by atoms with E-state index in [-0.39, 0.29) is 12.5 Å². The molecule has 0 aliphatic carbocycles. The Labute approximate surface area is 108 Å². The van der Waals surface area contributed by atoms with Gasteiger partial charge in [-0.25, -0.2) is 0 Å². The molecule has 2 heterocycles. The van der Waals surface area contributed by atoms with Gasteiger partial charge in [0, 0.05) is 31.1 Å². The number of pyridine rings is 2. The van der Waals surface area contributed by atoms with Crippen molar-refractivity contribution in [2.45, 2.75) is 12.1 Å². The molecule has 0 aliphatic heterocycles. The SMILES string of the molecule is NC[C@H](c1ccncc1)c1ccc(C(F)(F)F)nc1. The summed E-state index contributed by atoms with van der Waals surface area (Å²) < 4.78 is 37.3. The summed E-state index contributed by atoms with van der Waals surface area (Å²) in [7, 11) is 0. The number of nitrogens with two attached hydrogens (primary N) is 1. The predicted octanol–water partition coefficient (Wildman–Crippen LogP) is 2.59. The second kappa shape index (κ2) is 5.36. The molecule has 0 radical (unpaired) electrons. The maximum absolute atomic E-state index is 12.4. The van der Waals surface area contributed by atoms with Crippen molar-refractivity contribution in [2.24, 2.45) is 5.73 Å². The minimum absolute atomic E-state index is 0.183. The highest BCUT2D eigenvalue weighted by atomic mass is 19.4. The van der Waals surface area contributed by atoms with E-state index in [1.165, 1.54) is 12.3 Å². The molecule has 3 nitrogen and oxygen atoms in total. The summed E-state index contributed by atoms with van der Waals surface area (Å²) in [6.45, 7) is 0.289. The molecule has 0 unspecified atom stereocenters. The normalized spacial score (nSPS) is 13.3. The monoisotopic (exact) mass is 267 g/mol. The van der Waals surface area contributed by atoms with Crippen LogP contribution < -0.4 is 5.73 Å². The van der Waals surface area contributed by atoms with Gasteiger partial charge in [-0.1, -0.05) is 6.07 Å². The number of hydrogen-bond donors (Lipinski definition) is 1. The molecule has 2 N–H and O–H groups in total. The molecule has 0 aliphatic rings. The second-order valence-corrected chi connectivity index (χ2v) is 4.04. The van der Waals surface area contributed by atoms with Gasteiger partial charge < -0.3 is 5.73 Å². The van der Waals surface area contributed by atoms with E-state index in [4.69, 9.17) is 5.73 Å². The lowest BCUT2D eigenvalue weighted by Crippen LogP contribution is -2.15. The van der Waals surface area contributed by atoms with Gasteiger partial charge in [0.25, 0.3) is 0 Å². The number of nitrogens with zero attached hydrogens (tertiary/aromatic N) is 2. The lowest BCUT2D eigenvalue weighted by atomic mass is 9.93. The minimum atomic E-state index is -4.42. The van der Waals surface area contributed by atoms with E-state index >= 15 is 0 Å². The zero-order chi connectivity index (χ0) is 13.9. The molecular formula is C13H12F3N3. The van der Waals surface area contributed by atoms with E-state index in [1.54, 1.807) is 24.5 Å². The van der Waals surface area contributed by atoms with E-state index in [0.29, 0.717) is 5.56 Å². The zero-order valence-electron chi connectivity index (χ0n) is 9.93. The van der Waals surface area contributed by atoms with Gasteiger partial charge >= 0.3 is 6.18 Å². The maximum Gasteiger partial charge on any atom is 0.433 e. The molecule has 0 bridgehead atoms. The zero-order valence-corrected chi connectivity index (χ0v) is 9.93. The topological polar surface area (TPSA) is 51.8 Å². The van der Waals surface area contributed by atoms with Crippen molar-refractivity contribution in [1.82, 2.24) is 9.97 Å². The van der Waals surface area contributed by atoms with Crippen LogP contribution in [0.15, 0.2) is 42.9 Å². The summed E-state index contributed by atoms with van der Waals surface area (Å²) in [5.74, 6) is -0.183. The second-order valence-electron chi connectivity index (χ2n) is 4.04. The van der Waals surface area contributed by atoms with Crippen molar-refractivity contribution in [3.05, 3.63) is 59.7 Å². The molecule has 0 saturated heterocycles. The van der Waals surface area contributed by atoms with Crippen molar-refractivity contribution >= 4 is 0 Å². The number of alkyl halides is 3.